The van der Waals surface area contributed by atoms with Crippen molar-refractivity contribution in [3.05, 3.63) is 52.3 Å². The van der Waals surface area contributed by atoms with Gasteiger partial charge in [-0.1, -0.05) is 6.07 Å². The average Bonchev–Trinajstić information content (AvgIpc) is 3.36. The van der Waals surface area contributed by atoms with E-state index >= 15 is 0 Å². The van der Waals surface area contributed by atoms with Crippen molar-refractivity contribution in [2.24, 2.45) is 0 Å². The van der Waals surface area contributed by atoms with Crippen LogP contribution < -0.4 is 4.74 Å². The van der Waals surface area contributed by atoms with E-state index in [9.17, 15) is 9.18 Å². The van der Waals surface area contributed by atoms with Crippen LogP contribution >= 0.6 is 11.3 Å². The highest BCUT2D eigenvalue weighted by atomic mass is 32.1. The summed E-state index contributed by atoms with van der Waals surface area (Å²) in [7, 11) is 1.50. The standard InChI is InChI=1S/C26H29FN2O2S/c1-26(2,3)29-11-6-5-8-17-22(21-9-7-13-32-21)23-18-15-19(27)20(31-4)14-16(18)10-12-28(23)24(17)25(29)30/h7,9,13-15H,5-6,8,10-12H2,1-4H3. The first-order valence-corrected chi connectivity index (χ1v) is 12.2. The van der Waals surface area contributed by atoms with Gasteiger partial charge in [-0.05, 0) is 81.2 Å². The van der Waals surface area contributed by atoms with E-state index in [1.54, 1.807) is 17.4 Å². The molecule has 0 saturated heterocycles. The topological polar surface area (TPSA) is 34.5 Å². The van der Waals surface area contributed by atoms with Crippen LogP contribution in [-0.2, 0) is 19.4 Å². The zero-order valence-electron chi connectivity index (χ0n) is 19.1. The number of rotatable bonds is 2. The average molecular weight is 453 g/mol. The Bertz CT molecular complexity index is 1190. The fourth-order valence-corrected chi connectivity index (χ4v) is 6.00. The molecule has 0 bridgehead atoms. The van der Waals surface area contributed by atoms with Crippen LogP contribution in [0.3, 0.4) is 0 Å². The molecule has 32 heavy (non-hydrogen) atoms. The summed E-state index contributed by atoms with van der Waals surface area (Å²) in [6.07, 6.45) is 3.61. The summed E-state index contributed by atoms with van der Waals surface area (Å²) in [5.41, 5.74) is 5.67. The van der Waals surface area contributed by atoms with Gasteiger partial charge in [-0.15, -0.1) is 11.3 Å². The van der Waals surface area contributed by atoms with Crippen molar-refractivity contribution in [3.8, 4) is 27.4 Å². The fourth-order valence-electron chi connectivity index (χ4n) is 5.20. The van der Waals surface area contributed by atoms with Crippen LogP contribution in [0.25, 0.3) is 21.7 Å². The second-order valence-corrected chi connectivity index (χ2v) is 10.6. The molecule has 4 nitrogen and oxygen atoms in total. The van der Waals surface area contributed by atoms with Gasteiger partial charge in [-0.25, -0.2) is 4.39 Å². The lowest BCUT2D eigenvalue weighted by Crippen LogP contribution is -2.47. The number of amides is 1. The third kappa shape index (κ3) is 3.27. The molecule has 2 aliphatic rings. The van der Waals surface area contributed by atoms with Gasteiger partial charge in [-0.2, -0.15) is 0 Å². The minimum absolute atomic E-state index is 0.0914. The Morgan fingerprint density at radius 2 is 1.91 bits per heavy atom. The van der Waals surface area contributed by atoms with E-state index in [1.807, 2.05) is 17.0 Å². The number of benzene rings is 1. The molecule has 0 fully saturated rings. The maximum atomic E-state index is 14.8. The summed E-state index contributed by atoms with van der Waals surface area (Å²) in [6, 6.07) is 7.57. The molecule has 0 radical (unpaired) electrons. The molecule has 3 aromatic rings. The number of thiophene rings is 1. The van der Waals surface area contributed by atoms with Gasteiger partial charge >= 0.3 is 0 Å². The Morgan fingerprint density at radius 1 is 1.09 bits per heavy atom. The van der Waals surface area contributed by atoms with Crippen molar-refractivity contribution >= 4 is 17.2 Å². The Kier molecular flexibility index (Phi) is 5.16. The second kappa shape index (κ2) is 7.77. The molecule has 1 amide bonds. The van der Waals surface area contributed by atoms with Crippen molar-refractivity contribution in [2.75, 3.05) is 13.7 Å². The molecular formula is C26H29FN2O2S. The van der Waals surface area contributed by atoms with Gasteiger partial charge < -0.3 is 14.2 Å². The van der Waals surface area contributed by atoms with Gasteiger partial charge in [0, 0.05) is 34.6 Å². The Balaban J connectivity index is 1.82. The third-order valence-electron chi connectivity index (χ3n) is 6.69. The Hall–Kier alpha value is -2.60. The number of ether oxygens (including phenoxy) is 1. The SMILES string of the molecule is COc1cc2c(cc1F)-c1c(-c3cccs3)c3c(n1CC2)C(=O)N(C(C)(C)C)CCCC3. The van der Waals surface area contributed by atoms with Crippen LogP contribution in [0.15, 0.2) is 29.6 Å². The van der Waals surface area contributed by atoms with Gasteiger partial charge in [0.1, 0.15) is 5.69 Å². The molecule has 4 heterocycles. The lowest BCUT2D eigenvalue weighted by atomic mass is 9.92. The Morgan fingerprint density at radius 3 is 2.59 bits per heavy atom. The first-order chi connectivity index (χ1) is 15.3. The van der Waals surface area contributed by atoms with Gasteiger partial charge in [-0.3, -0.25) is 4.79 Å². The minimum atomic E-state index is -0.368. The van der Waals surface area contributed by atoms with Crippen LogP contribution in [0.1, 0.15) is 55.2 Å². The maximum Gasteiger partial charge on any atom is 0.271 e. The highest BCUT2D eigenvalue weighted by Gasteiger charge is 2.37. The first kappa shape index (κ1) is 21.3. The molecule has 2 aromatic heterocycles. The summed E-state index contributed by atoms with van der Waals surface area (Å²) >= 11 is 1.68. The summed E-state index contributed by atoms with van der Waals surface area (Å²) in [5.74, 6) is -0.00319. The molecule has 2 aliphatic heterocycles. The number of aromatic nitrogens is 1. The van der Waals surface area contributed by atoms with Crippen molar-refractivity contribution in [1.29, 1.82) is 0 Å². The Labute approximate surface area is 192 Å². The van der Waals surface area contributed by atoms with Gasteiger partial charge in [0.25, 0.3) is 5.91 Å². The van der Waals surface area contributed by atoms with Gasteiger partial charge in [0.2, 0.25) is 0 Å². The number of hydrogen-bond acceptors (Lipinski definition) is 3. The molecule has 0 saturated carbocycles. The zero-order chi connectivity index (χ0) is 22.6. The molecular weight excluding hydrogens is 423 g/mol. The second-order valence-electron chi connectivity index (χ2n) is 9.66. The molecule has 6 heteroatoms. The molecule has 0 N–H and O–H groups in total. The molecule has 168 valence electrons. The number of halogens is 1. The number of carbonyl (C=O) groups is 1. The predicted octanol–water partition coefficient (Wildman–Crippen LogP) is 6.16. The number of carbonyl (C=O) groups excluding carboxylic acids is 1. The monoisotopic (exact) mass is 452 g/mol. The smallest absolute Gasteiger partial charge is 0.271 e. The van der Waals surface area contributed by atoms with E-state index in [2.05, 4.69) is 36.8 Å². The number of nitrogens with zero attached hydrogens (tertiary/aromatic N) is 2. The molecule has 5 rings (SSSR count). The zero-order valence-corrected chi connectivity index (χ0v) is 19.9. The molecule has 1 aromatic carbocycles. The van der Waals surface area contributed by atoms with Gasteiger partial charge in [0.15, 0.2) is 11.6 Å². The van der Waals surface area contributed by atoms with E-state index in [0.29, 0.717) is 6.54 Å². The van der Waals surface area contributed by atoms with Crippen molar-refractivity contribution in [3.63, 3.8) is 0 Å². The van der Waals surface area contributed by atoms with Crippen LogP contribution in [0.5, 0.6) is 5.75 Å². The molecule has 0 aliphatic carbocycles. The number of fused-ring (bicyclic) bond motifs is 5. The van der Waals surface area contributed by atoms with Crippen LogP contribution in [-0.4, -0.2) is 34.6 Å². The summed E-state index contributed by atoms with van der Waals surface area (Å²) in [4.78, 5) is 17.1. The number of hydrogen-bond donors (Lipinski definition) is 0. The third-order valence-corrected chi connectivity index (χ3v) is 7.57. The van der Waals surface area contributed by atoms with Crippen molar-refractivity contribution in [1.82, 2.24) is 9.47 Å². The summed E-state index contributed by atoms with van der Waals surface area (Å²) in [5, 5.41) is 2.07. The predicted molar refractivity (Wildman–Crippen MR) is 127 cm³/mol. The number of aryl methyl sites for hydroxylation is 1. The lowest BCUT2D eigenvalue weighted by molar-refractivity contribution is 0.0559. The van der Waals surface area contributed by atoms with Crippen LogP contribution in [0.2, 0.25) is 0 Å². The van der Waals surface area contributed by atoms with Crippen molar-refractivity contribution in [2.45, 2.75) is 58.5 Å². The quantitative estimate of drug-likeness (QED) is 0.466. The first-order valence-electron chi connectivity index (χ1n) is 11.3. The van der Waals surface area contributed by atoms with E-state index in [0.717, 1.165) is 70.7 Å². The highest BCUT2D eigenvalue weighted by molar-refractivity contribution is 7.13. The van der Waals surface area contributed by atoms with E-state index in [-0.39, 0.29) is 23.0 Å². The molecule has 0 atom stereocenters. The van der Waals surface area contributed by atoms with E-state index in [4.69, 9.17) is 4.74 Å². The van der Waals surface area contributed by atoms with Crippen LogP contribution in [0, 0.1) is 5.82 Å². The maximum absolute atomic E-state index is 14.8. The normalized spacial score (nSPS) is 16.2. The highest BCUT2D eigenvalue weighted by Crippen LogP contribution is 2.47. The lowest BCUT2D eigenvalue weighted by Gasteiger charge is -2.37. The van der Waals surface area contributed by atoms with Crippen molar-refractivity contribution < 1.29 is 13.9 Å². The molecule has 0 spiro atoms. The fraction of sp³-hybridized carbons (Fsp3) is 0.423. The summed E-state index contributed by atoms with van der Waals surface area (Å²) < 4.78 is 22.3. The molecule has 0 unspecified atom stereocenters. The van der Waals surface area contributed by atoms with Crippen LogP contribution in [0.4, 0.5) is 4.39 Å². The minimum Gasteiger partial charge on any atom is -0.494 e. The van der Waals surface area contributed by atoms with E-state index < -0.39 is 0 Å². The summed E-state index contributed by atoms with van der Waals surface area (Å²) in [6.45, 7) is 7.77. The number of methoxy groups -OCH3 is 1. The van der Waals surface area contributed by atoms with Gasteiger partial charge in [0.05, 0.1) is 12.8 Å². The largest absolute Gasteiger partial charge is 0.494 e. The van der Waals surface area contributed by atoms with E-state index in [1.165, 1.54) is 7.11 Å².